The fourth-order valence-corrected chi connectivity index (χ4v) is 6.93. The van der Waals surface area contributed by atoms with Gasteiger partial charge in [-0.1, -0.05) is 58.3 Å². The Hall–Kier alpha value is -2.67. The minimum absolute atomic E-state index is 0.0845. The van der Waals surface area contributed by atoms with Crippen molar-refractivity contribution in [3.05, 3.63) is 41.5 Å². The van der Waals surface area contributed by atoms with Crippen LogP contribution in [0.25, 0.3) is 0 Å². The number of amides is 3. The summed E-state index contributed by atoms with van der Waals surface area (Å²) in [6, 6.07) is 5.12. The van der Waals surface area contributed by atoms with Crippen LogP contribution in [0.5, 0.6) is 0 Å². The van der Waals surface area contributed by atoms with E-state index in [1.165, 1.54) is 6.42 Å². The predicted octanol–water partition coefficient (Wildman–Crippen LogP) is 4.13. The molecule has 200 valence electrons. The molecule has 1 aromatic rings. The second kappa shape index (κ2) is 9.90. The van der Waals surface area contributed by atoms with Crippen LogP contribution in [0.4, 0.5) is 5.69 Å². The highest BCUT2D eigenvalue weighted by molar-refractivity contribution is 6.02. The van der Waals surface area contributed by atoms with Crippen molar-refractivity contribution in [1.29, 1.82) is 0 Å². The number of benzene rings is 1. The highest BCUT2D eigenvalue weighted by Crippen LogP contribution is 2.55. The number of carbonyl (C=O) groups is 3. The van der Waals surface area contributed by atoms with Crippen LogP contribution < -0.4 is 10.6 Å². The van der Waals surface area contributed by atoms with Crippen LogP contribution in [0, 0.1) is 37.5 Å². The number of nitrogens with zero attached hydrogens (tertiary/aromatic N) is 1. The molecule has 1 saturated carbocycles. The Morgan fingerprint density at radius 2 is 1.92 bits per heavy atom. The molecule has 8 atom stereocenters. The summed E-state index contributed by atoms with van der Waals surface area (Å²) in [5.41, 5.74) is 1.84. The number of carbonyl (C=O) groups excluding carboxylic acids is 3. The molecule has 2 N–H and O–H groups in total. The van der Waals surface area contributed by atoms with Crippen molar-refractivity contribution in [3.63, 3.8) is 0 Å². The Bertz CT molecular complexity index is 1120. The summed E-state index contributed by atoms with van der Waals surface area (Å²) in [7, 11) is 0. The Morgan fingerprint density at radius 3 is 2.65 bits per heavy atom. The highest BCUT2D eigenvalue weighted by Gasteiger charge is 2.72. The van der Waals surface area contributed by atoms with Crippen LogP contribution in [0.15, 0.2) is 30.4 Å². The highest BCUT2D eigenvalue weighted by atomic mass is 16.5. The fourth-order valence-electron chi connectivity index (χ4n) is 6.93. The summed E-state index contributed by atoms with van der Waals surface area (Å²) in [4.78, 5) is 43.1. The van der Waals surface area contributed by atoms with E-state index in [0.717, 1.165) is 36.8 Å². The first-order chi connectivity index (χ1) is 17.7. The average Bonchev–Trinajstić information content (AvgIpc) is 3.50. The van der Waals surface area contributed by atoms with Gasteiger partial charge in [0.2, 0.25) is 17.7 Å². The van der Waals surface area contributed by atoms with Gasteiger partial charge < -0.3 is 20.3 Å². The lowest BCUT2D eigenvalue weighted by atomic mass is 9.73. The van der Waals surface area contributed by atoms with Crippen LogP contribution in [0.3, 0.4) is 0 Å². The molecule has 5 rings (SSSR count). The molecule has 3 amide bonds. The molecule has 1 aromatic carbocycles. The minimum Gasteiger partial charge on any atom is -0.359 e. The lowest BCUT2D eigenvalue weighted by Crippen LogP contribution is -2.58. The van der Waals surface area contributed by atoms with E-state index >= 15 is 0 Å². The molecule has 0 radical (unpaired) electrons. The number of rotatable bonds is 7. The largest absolute Gasteiger partial charge is 0.359 e. The number of hydrogen-bond acceptors (Lipinski definition) is 4. The van der Waals surface area contributed by atoms with Crippen molar-refractivity contribution in [2.75, 3.05) is 11.9 Å². The number of nitrogens with one attached hydrogen (secondary N) is 2. The van der Waals surface area contributed by atoms with Gasteiger partial charge in [0.25, 0.3) is 0 Å². The number of aryl methyl sites for hydroxylation is 2. The number of unbranched alkanes of at least 4 members (excludes halogenated alkanes) is 1. The molecule has 7 heteroatoms. The number of anilines is 1. The molecule has 0 aromatic heterocycles. The first kappa shape index (κ1) is 26.0. The minimum atomic E-state index is -1.10. The van der Waals surface area contributed by atoms with Gasteiger partial charge in [-0.15, -0.1) is 0 Å². The zero-order valence-corrected chi connectivity index (χ0v) is 22.8. The number of hydrogen-bond donors (Lipinski definition) is 2. The normalized spacial score (nSPS) is 36.1. The van der Waals surface area contributed by atoms with Gasteiger partial charge >= 0.3 is 0 Å². The molecule has 2 saturated heterocycles. The quantitative estimate of drug-likeness (QED) is 0.543. The summed E-state index contributed by atoms with van der Waals surface area (Å²) < 4.78 is 6.45. The number of ether oxygens (including phenoxy) is 1. The molecule has 3 fully saturated rings. The van der Waals surface area contributed by atoms with E-state index < -0.39 is 29.6 Å². The van der Waals surface area contributed by atoms with E-state index in [0.29, 0.717) is 24.1 Å². The van der Waals surface area contributed by atoms with Gasteiger partial charge in [0.05, 0.1) is 17.9 Å². The molecule has 7 nitrogen and oxygen atoms in total. The second-order valence-electron chi connectivity index (χ2n) is 11.8. The van der Waals surface area contributed by atoms with Crippen molar-refractivity contribution in [1.82, 2.24) is 10.2 Å². The first-order valence-corrected chi connectivity index (χ1v) is 14.0. The maximum Gasteiger partial charge on any atom is 0.246 e. The molecular weight excluding hydrogens is 466 g/mol. The van der Waals surface area contributed by atoms with E-state index in [1.807, 2.05) is 44.2 Å². The van der Waals surface area contributed by atoms with Gasteiger partial charge in [-0.05, 0) is 61.8 Å². The molecule has 3 heterocycles. The monoisotopic (exact) mass is 507 g/mol. The van der Waals surface area contributed by atoms with E-state index in [1.54, 1.807) is 4.90 Å². The standard InChI is InChI=1S/C30H41N3O4/c1-6-7-15-33-26(28(35)32-22-10-8-9-18(3)20(22)5)30-14-13-23(37-30)24(25(30)29(33)36)27(34)31-21-12-11-17(2)19(4)16-21/h11-14,16,18,20,22-26H,6-10,15H2,1-5H3,(H,31,34)(H,32,35)/t18-,20-,22-,23-,24-,25-,26+,30+/m1/s1. The molecule has 37 heavy (non-hydrogen) atoms. The van der Waals surface area contributed by atoms with Gasteiger partial charge in [-0.2, -0.15) is 0 Å². The van der Waals surface area contributed by atoms with Crippen molar-refractivity contribution >= 4 is 23.4 Å². The first-order valence-electron chi connectivity index (χ1n) is 14.0. The Kier molecular flexibility index (Phi) is 6.94. The SMILES string of the molecule is CCCCN1C(=O)[C@H]2[C@H](C(=O)Nc3ccc(C)c(C)c3)[C@H]3C=C[C@@]2(O3)[C@@H]1C(=O)N[C@@H]1CCC[C@@H](C)[C@H]1C. The van der Waals surface area contributed by atoms with Crippen molar-refractivity contribution < 1.29 is 19.1 Å². The van der Waals surface area contributed by atoms with Crippen molar-refractivity contribution in [2.24, 2.45) is 23.7 Å². The molecular formula is C30H41N3O4. The predicted molar refractivity (Wildman–Crippen MR) is 143 cm³/mol. The van der Waals surface area contributed by atoms with Crippen LogP contribution in [-0.2, 0) is 19.1 Å². The average molecular weight is 508 g/mol. The number of fused-ring (bicyclic) bond motifs is 1. The zero-order valence-electron chi connectivity index (χ0n) is 22.8. The Balaban J connectivity index is 1.42. The fraction of sp³-hybridized carbons (Fsp3) is 0.633. The van der Waals surface area contributed by atoms with E-state index in [2.05, 4.69) is 31.4 Å². The smallest absolute Gasteiger partial charge is 0.246 e. The molecule has 4 aliphatic rings. The van der Waals surface area contributed by atoms with Crippen LogP contribution in [0.2, 0.25) is 0 Å². The van der Waals surface area contributed by atoms with Gasteiger partial charge in [0.15, 0.2) is 0 Å². The van der Waals surface area contributed by atoms with Crippen LogP contribution in [0.1, 0.15) is 64.0 Å². The van der Waals surface area contributed by atoms with Gasteiger partial charge in [0, 0.05) is 18.3 Å². The lowest BCUT2D eigenvalue weighted by molar-refractivity contribution is -0.141. The van der Waals surface area contributed by atoms with E-state index in [4.69, 9.17) is 4.74 Å². The maximum atomic E-state index is 13.9. The second-order valence-corrected chi connectivity index (χ2v) is 11.8. The molecule has 1 spiro atoms. The summed E-state index contributed by atoms with van der Waals surface area (Å²) in [6.07, 6.45) is 8.17. The number of likely N-dealkylation sites (tertiary alicyclic amines) is 1. The zero-order chi connectivity index (χ0) is 26.5. The molecule has 3 aliphatic heterocycles. The lowest BCUT2D eigenvalue weighted by Gasteiger charge is -2.38. The van der Waals surface area contributed by atoms with Crippen LogP contribution >= 0.6 is 0 Å². The summed E-state index contributed by atoms with van der Waals surface area (Å²) >= 11 is 0. The molecule has 0 unspecified atom stereocenters. The summed E-state index contributed by atoms with van der Waals surface area (Å²) in [5, 5.41) is 6.33. The van der Waals surface area contributed by atoms with Gasteiger partial charge in [0.1, 0.15) is 11.6 Å². The van der Waals surface area contributed by atoms with E-state index in [-0.39, 0.29) is 23.8 Å². The van der Waals surface area contributed by atoms with Gasteiger partial charge in [-0.3, -0.25) is 14.4 Å². The topological polar surface area (TPSA) is 87.7 Å². The van der Waals surface area contributed by atoms with Gasteiger partial charge in [-0.25, -0.2) is 0 Å². The Morgan fingerprint density at radius 1 is 1.14 bits per heavy atom. The summed E-state index contributed by atoms with van der Waals surface area (Å²) in [6.45, 7) is 11.0. The van der Waals surface area contributed by atoms with Crippen molar-refractivity contribution in [2.45, 2.75) is 90.5 Å². The molecule has 2 bridgehead atoms. The third kappa shape index (κ3) is 4.29. The maximum absolute atomic E-state index is 13.9. The van der Waals surface area contributed by atoms with Crippen molar-refractivity contribution in [3.8, 4) is 0 Å². The third-order valence-electron chi connectivity index (χ3n) is 9.49. The summed E-state index contributed by atoms with van der Waals surface area (Å²) in [5.74, 6) is -0.990. The Labute approximate surface area is 220 Å². The van der Waals surface area contributed by atoms with E-state index in [9.17, 15) is 14.4 Å². The third-order valence-corrected chi connectivity index (χ3v) is 9.49. The van der Waals surface area contributed by atoms with Crippen LogP contribution in [-0.4, -0.2) is 53.0 Å². The molecule has 1 aliphatic carbocycles.